The molecule has 1 fully saturated rings. The number of benzene rings is 1. The highest BCUT2D eigenvalue weighted by atomic mass is 79.9. The summed E-state index contributed by atoms with van der Waals surface area (Å²) in [7, 11) is 4.31. The van der Waals surface area contributed by atoms with Crippen molar-refractivity contribution in [2.45, 2.75) is 18.9 Å². The minimum Gasteiger partial charge on any atom is -0.371 e. The second-order valence-corrected chi connectivity index (χ2v) is 5.82. The molecule has 1 aliphatic heterocycles. The minimum absolute atomic E-state index is 0.593. The lowest BCUT2D eigenvalue weighted by Crippen LogP contribution is -2.41. The molecule has 3 nitrogen and oxygen atoms in total. The van der Waals surface area contributed by atoms with Crippen molar-refractivity contribution in [3.8, 4) is 0 Å². The van der Waals surface area contributed by atoms with Crippen molar-refractivity contribution >= 4 is 27.9 Å². The molecular weight excluding hydrogens is 292 g/mol. The molecule has 1 saturated heterocycles. The van der Waals surface area contributed by atoms with E-state index in [0.717, 1.165) is 23.8 Å². The van der Waals surface area contributed by atoms with Gasteiger partial charge in [-0.25, -0.2) is 0 Å². The Labute approximate surface area is 117 Å². The van der Waals surface area contributed by atoms with Crippen molar-refractivity contribution in [2.75, 3.05) is 32.1 Å². The van der Waals surface area contributed by atoms with Gasteiger partial charge in [-0.15, -0.1) is 0 Å². The van der Waals surface area contributed by atoms with E-state index in [4.69, 9.17) is 0 Å². The average molecular weight is 311 g/mol. The largest absolute Gasteiger partial charge is 0.371 e. The number of piperidine rings is 1. The number of aldehydes is 1. The standard InChI is InChI=1S/C14H19BrN2O/c1-16-7-5-12(6-8-16)17(2)13-4-3-11(10-18)14(15)9-13/h3-4,9-10,12H,5-8H2,1-2H3. The van der Waals surface area contributed by atoms with E-state index in [1.807, 2.05) is 18.2 Å². The Morgan fingerprint density at radius 3 is 2.61 bits per heavy atom. The predicted molar refractivity (Wildman–Crippen MR) is 78.5 cm³/mol. The number of likely N-dealkylation sites (tertiary alicyclic amines) is 1. The van der Waals surface area contributed by atoms with Crippen LogP contribution in [0.25, 0.3) is 0 Å². The molecule has 0 amide bonds. The van der Waals surface area contributed by atoms with Gasteiger partial charge in [-0.1, -0.05) is 0 Å². The van der Waals surface area contributed by atoms with E-state index in [1.165, 1.54) is 18.5 Å². The molecule has 1 aromatic rings. The number of hydrogen-bond acceptors (Lipinski definition) is 3. The summed E-state index contributed by atoms with van der Waals surface area (Å²) in [5.41, 5.74) is 1.87. The van der Waals surface area contributed by atoms with Crippen molar-refractivity contribution in [2.24, 2.45) is 0 Å². The maximum Gasteiger partial charge on any atom is 0.151 e. The maximum atomic E-state index is 10.8. The molecule has 1 aliphatic rings. The predicted octanol–water partition coefficient (Wildman–Crippen LogP) is 2.79. The van der Waals surface area contributed by atoms with Crippen LogP contribution in [0.3, 0.4) is 0 Å². The summed E-state index contributed by atoms with van der Waals surface area (Å²) < 4.78 is 0.870. The number of carbonyl (C=O) groups excluding carboxylic acids is 1. The smallest absolute Gasteiger partial charge is 0.151 e. The summed E-state index contributed by atoms with van der Waals surface area (Å²) in [6.45, 7) is 2.31. The molecule has 0 aromatic heterocycles. The van der Waals surface area contributed by atoms with Crippen LogP contribution in [0.2, 0.25) is 0 Å². The van der Waals surface area contributed by atoms with E-state index in [1.54, 1.807) is 0 Å². The molecule has 98 valence electrons. The van der Waals surface area contributed by atoms with E-state index < -0.39 is 0 Å². The number of anilines is 1. The first-order valence-corrected chi connectivity index (χ1v) is 7.07. The van der Waals surface area contributed by atoms with Crippen molar-refractivity contribution in [1.29, 1.82) is 0 Å². The fraction of sp³-hybridized carbons (Fsp3) is 0.500. The highest BCUT2D eigenvalue weighted by Crippen LogP contribution is 2.26. The van der Waals surface area contributed by atoms with Crippen molar-refractivity contribution < 1.29 is 4.79 Å². The van der Waals surface area contributed by atoms with Crippen LogP contribution in [0, 0.1) is 0 Å². The summed E-state index contributed by atoms with van der Waals surface area (Å²) in [6, 6.07) is 6.52. The summed E-state index contributed by atoms with van der Waals surface area (Å²) in [5, 5.41) is 0. The summed E-state index contributed by atoms with van der Waals surface area (Å²) in [4.78, 5) is 15.5. The fourth-order valence-electron chi connectivity index (χ4n) is 2.42. The van der Waals surface area contributed by atoms with E-state index >= 15 is 0 Å². The molecule has 0 spiro atoms. The Morgan fingerprint density at radius 2 is 2.06 bits per heavy atom. The first kappa shape index (κ1) is 13.6. The first-order chi connectivity index (χ1) is 8.61. The summed E-state index contributed by atoms with van der Waals surface area (Å²) >= 11 is 3.44. The van der Waals surface area contributed by atoms with Gasteiger partial charge in [0, 0.05) is 28.8 Å². The highest BCUT2D eigenvalue weighted by Gasteiger charge is 2.21. The summed E-state index contributed by atoms with van der Waals surface area (Å²) in [5.74, 6) is 0. The number of halogens is 1. The van der Waals surface area contributed by atoms with Gasteiger partial charge in [0.25, 0.3) is 0 Å². The SMILES string of the molecule is CN1CCC(N(C)c2ccc(C=O)c(Br)c2)CC1. The van der Waals surface area contributed by atoms with E-state index in [-0.39, 0.29) is 0 Å². The van der Waals surface area contributed by atoms with Crippen molar-refractivity contribution in [3.05, 3.63) is 28.2 Å². The normalized spacial score (nSPS) is 17.7. The average Bonchev–Trinajstić information content (AvgIpc) is 2.38. The third kappa shape index (κ3) is 2.93. The van der Waals surface area contributed by atoms with Gasteiger partial charge in [0.1, 0.15) is 0 Å². The zero-order valence-corrected chi connectivity index (χ0v) is 12.5. The zero-order valence-electron chi connectivity index (χ0n) is 10.9. The highest BCUT2D eigenvalue weighted by molar-refractivity contribution is 9.10. The second kappa shape index (κ2) is 5.85. The van der Waals surface area contributed by atoms with Crippen LogP contribution in [-0.2, 0) is 0 Å². The molecule has 0 N–H and O–H groups in total. The molecular formula is C14H19BrN2O. The fourth-order valence-corrected chi connectivity index (χ4v) is 2.88. The molecule has 0 aliphatic carbocycles. The van der Waals surface area contributed by atoms with Crippen molar-refractivity contribution in [3.63, 3.8) is 0 Å². The Morgan fingerprint density at radius 1 is 1.39 bits per heavy atom. The Hall–Kier alpha value is -0.870. The number of carbonyl (C=O) groups is 1. The lowest BCUT2D eigenvalue weighted by Gasteiger charge is -2.36. The van der Waals surface area contributed by atoms with E-state index in [0.29, 0.717) is 11.6 Å². The zero-order chi connectivity index (χ0) is 13.1. The van der Waals surface area contributed by atoms with E-state index in [2.05, 4.69) is 39.8 Å². The molecule has 1 aromatic carbocycles. The minimum atomic E-state index is 0.593. The van der Waals surface area contributed by atoms with Crippen LogP contribution in [0.5, 0.6) is 0 Å². The molecule has 0 unspecified atom stereocenters. The molecule has 18 heavy (non-hydrogen) atoms. The molecule has 0 saturated carbocycles. The molecule has 4 heteroatoms. The lowest BCUT2D eigenvalue weighted by molar-refractivity contribution is 0.112. The molecule has 0 atom stereocenters. The van der Waals surface area contributed by atoms with Gasteiger partial charge in [-0.05, 0) is 67.1 Å². The first-order valence-electron chi connectivity index (χ1n) is 6.28. The van der Waals surface area contributed by atoms with Gasteiger partial charge in [0.05, 0.1) is 0 Å². The van der Waals surface area contributed by atoms with Crippen molar-refractivity contribution in [1.82, 2.24) is 4.90 Å². The van der Waals surface area contributed by atoms with Gasteiger partial charge in [0.15, 0.2) is 6.29 Å². The Bertz CT molecular complexity index is 428. The third-order valence-electron chi connectivity index (χ3n) is 3.75. The monoisotopic (exact) mass is 310 g/mol. The van der Waals surface area contributed by atoms with Gasteiger partial charge >= 0.3 is 0 Å². The second-order valence-electron chi connectivity index (χ2n) is 4.97. The number of hydrogen-bond donors (Lipinski definition) is 0. The Kier molecular flexibility index (Phi) is 4.40. The van der Waals surface area contributed by atoms with E-state index in [9.17, 15) is 4.79 Å². The van der Waals surface area contributed by atoms with Gasteiger partial charge in [-0.3, -0.25) is 4.79 Å². The number of nitrogens with zero attached hydrogens (tertiary/aromatic N) is 2. The quantitative estimate of drug-likeness (QED) is 0.802. The maximum absolute atomic E-state index is 10.8. The van der Waals surface area contributed by atoms with Crippen LogP contribution < -0.4 is 4.90 Å². The van der Waals surface area contributed by atoms with Gasteiger partial charge < -0.3 is 9.80 Å². The van der Waals surface area contributed by atoms with Crippen LogP contribution in [-0.4, -0.2) is 44.4 Å². The van der Waals surface area contributed by atoms with Gasteiger partial charge in [0.2, 0.25) is 0 Å². The molecule has 0 radical (unpaired) electrons. The van der Waals surface area contributed by atoms with Crippen LogP contribution >= 0.6 is 15.9 Å². The molecule has 1 heterocycles. The summed E-state index contributed by atoms with van der Waals surface area (Å²) in [6.07, 6.45) is 3.27. The molecule has 2 rings (SSSR count). The van der Waals surface area contributed by atoms with Gasteiger partial charge in [-0.2, -0.15) is 0 Å². The Balaban J connectivity index is 2.11. The van der Waals surface area contributed by atoms with Crippen LogP contribution in [0.1, 0.15) is 23.2 Å². The van der Waals surface area contributed by atoms with Crippen LogP contribution in [0.15, 0.2) is 22.7 Å². The van der Waals surface area contributed by atoms with Crippen LogP contribution in [0.4, 0.5) is 5.69 Å². The third-order valence-corrected chi connectivity index (χ3v) is 4.44. The molecule has 0 bridgehead atoms. The number of rotatable bonds is 3. The topological polar surface area (TPSA) is 23.6 Å². The lowest BCUT2D eigenvalue weighted by atomic mass is 10.0.